The monoisotopic (exact) mass is 412 g/mol. The molecule has 0 aliphatic heterocycles. The first kappa shape index (κ1) is 21.9. The smallest absolute Gasteiger partial charge is 0.310 e. The van der Waals surface area contributed by atoms with Crippen LogP contribution < -0.4 is 10.2 Å². The maximum absolute atomic E-state index is 14.3. The molecule has 0 fully saturated rings. The zero-order chi connectivity index (χ0) is 20.7. The molecule has 0 aliphatic carbocycles. The molecule has 0 spiro atoms. The summed E-state index contributed by atoms with van der Waals surface area (Å²) in [4.78, 5) is 13.2. The molecule has 0 unspecified atom stereocenters. The Kier molecular flexibility index (Phi) is 8.02. The lowest BCUT2D eigenvalue weighted by Crippen LogP contribution is -2.40. The van der Waals surface area contributed by atoms with Crippen LogP contribution in [0.5, 0.6) is 0 Å². The van der Waals surface area contributed by atoms with Crippen molar-refractivity contribution in [2.24, 2.45) is 0 Å². The predicted molar refractivity (Wildman–Crippen MR) is 106 cm³/mol. The summed E-state index contributed by atoms with van der Waals surface area (Å²) < 4.78 is 33.0. The van der Waals surface area contributed by atoms with Crippen LogP contribution in [0.2, 0.25) is 5.02 Å². The number of esters is 1. The molecule has 0 bridgehead atoms. The lowest BCUT2D eigenvalue weighted by molar-refractivity contribution is -0.139. The molecule has 2 N–H and O–H groups in total. The molecule has 0 aromatic heterocycles. The number of hydrogen-bond donors (Lipinski definition) is 2. The van der Waals surface area contributed by atoms with E-state index in [-0.39, 0.29) is 30.3 Å². The van der Waals surface area contributed by atoms with Gasteiger partial charge >= 0.3 is 5.97 Å². The van der Waals surface area contributed by atoms with E-state index >= 15 is 0 Å². The van der Waals surface area contributed by atoms with Crippen molar-refractivity contribution in [2.75, 3.05) is 37.0 Å². The van der Waals surface area contributed by atoms with Crippen molar-refractivity contribution in [3.63, 3.8) is 0 Å². The minimum Gasteiger partial charge on any atom is -0.469 e. The molecular weight excluding hydrogens is 390 g/mol. The number of rotatable bonds is 9. The van der Waals surface area contributed by atoms with Gasteiger partial charge in [-0.2, -0.15) is 0 Å². The van der Waals surface area contributed by atoms with Crippen molar-refractivity contribution >= 4 is 28.9 Å². The van der Waals surface area contributed by atoms with Gasteiger partial charge in [0.15, 0.2) is 11.6 Å². The Bertz CT molecular complexity index is 820. The first-order valence-corrected chi connectivity index (χ1v) is 9.15. The van der Waals surface area contributed by atoms with Gasteiger partial charge in [-0.3, -0.25) is 4.79 Å². The molecule has 0 heterocycles. The molecule has 8 heteroatoms. The van der Waals surface area contributed by atoms with Crippen LogP contribution in [-0.2, 0) is 16.0 Å². The number of benzene rings is 2. The highest BCUT2D eigenvalue weighted by Gasteiger charge is 2.18. The molecule has 0 aliphatic rings. The van der Waals surface area contributed by atoms with Crippen LogP contribution in [0.4, 0.5) is 20.2 Å². The number of hydrogen-bond acceptors (Lipinski definition) is 5. The fourth-order valence-corrected chi connectivity index (χ4v) is 3.01. The third kappa shape index (κ3) is 5.56. The first-order valence-electron chi connectivity index (χ1n) is 8.78. The van der Waals surface area contributed by atoms with Gasteiger partial charge in [-0.25, -0.2) is 8.78 Å². The maximum Gasteiger partial charge on any atom is 0.310 e. The summed E-state index contributed by atoms with van der Waals surface area (Å²) in [6.07, 6.45) is -0.338. The number of methoxy groups -OCH3 is 1. The number of nitrogens with one attached hydrogen (secondary N) is 1. The maximum atomic E-state index is 14.3. The van der Waals surface area contributed by atoms with Crippen molar-refractivity contribution in [3.8, 4) is 0 Å². The van der Waals surface area contributed by atoms with E-state index in [0.29, 0.717) is 18.1 Å². The van der Waals surface area contributed by atoms with Crippen LogP contribution >= 0.6 is 11.6 Å². The minimum absolute atomic E-state index is 0.00647. The van der Waals surface area contributed by atoms with E-state index < -0.39 is 17.6 Å². The average Bonchev–Trinajstić information content (AvgIpc) is 2.68. The number of aliphatic hydroxyl groups is 1. The molecule has 2 aromatic carbocycles. The predicted octanol–water partition coefficient (Wildman–Crippen LogP) is 3.63. The summed E-state index contributed by atoms with van der Waals surface area (Å²) in [5.74, 6) is -2.77. The van der Waals surface area contributed by atoms with E-state index in [2.05, 4.69) is 10.1 Å². The number of ether oxygens (including phenoxy) is 1. The van der Waals surface area contributed by atoms with E-state index in [1.165, 1.54) is 19.2 Å². The standard InChI is InChI=1S/C20H23ClF2N2O3/c1-13(25(8-9-26)16-5-3-4-15(21)11-16)12-24-17-7-6-14(10-18(27)28-2)19(22)20(17)23/h3-7,11,13,24,26H,8-10,12H2,1-2H3/t13-/m1/s1. The van der Waals surface area contributed by atoms with Gasteiger partial charge in [0.2, 0.25) is 0 Å². The molecule has 1 atom stereocenters. The number of anilines is 2. The van der Waals surface area contributed by atoms with Crippen LogP contribution in [0.15, 0.2) is 36.4 Å². The van der Waals surface area contributed by atoms with Crippen LogP contribution in [-0.4, -0.2) is 43.9 Å². The Hall–Kier alpha value is -2.38. The fourth-order valence-electron chi connectivity index (χ4n) is 2.82. The van der Waals surface area contributed by atoms with Gasteiger partial charge in [-0.05, 0) is 31.2 Å². The summed E-state index contributed by atoms with van der Waals surface area (Å²) in [5, 5.41) is 12.8. The largest absolute Gasteiger partial charge is 0.469 e. The Morgan fingerprint density at radius 3 is 2.68 bits per heavy atom. The molecule has 0 saturated heterocycles. The molecule has 2 rings (SSSR count). The van der Waals surface area contributed by atoms with E-state index in [0.717, 1.165) is 5.69 Å². The van der Waals surface area contributed by atoms with Gasteiger partial charge in [0.1, 0.15) is 0 Å². The molecule has 2 aromatic rings. The zero-order valence-electron chi connectivity index (χ0n) is 15.7. The second-order valence-corrected chi connectivity index (χ2v) is 6.72. The number of carbonyl (C=O) groups is 1. The minimum atomic E-state index is -1.08. The third-order valence-electron chi connectivity index (χ3n) is 4.33. The molecule has 152 valence electrons. The Morgan fingerprint density at radius 2 is 2.04 bits per heavy atom. The van der Waals surface area contributed by atoms with Crippen LogP contribution in [0.1, 0.15) is 12.5 Å². The summed E-state index contributed by atoms with van der Waals surface area (Å²) in [7, 11) is 1.19. The topological polar surface area (TPSA) is 61.8 Å². The van der Waals surface area contributed by atoms with Crippen molar-refractivity contribution in [1.82, 2.24) is 0 Å². The second-order valence-electron chi connectivity index (χ2n) is 6.28. The summed E-state index contributed by atoms with van der Waals surface area (Å²) in [6.45, 7) is 2.48. The van der Waals surface area contributed by atoms with Gasteiger partial charge < -0.3 is 20.1 Å². The molecule has 0 amide bonds. The van der Waals surface area contributed by atoms with Crippen molar-refractivity contribution in [3.05, 3.63) is 58.6 Å². The third-order valence-corrected chi connectivity index (χ3v) is 4.56. The summed E-state index contributed by atoms with van der Waals surface area (Å²) in [6, 6.07) is 9.78. The lowest BCUT2D eigenvalue weighted by atomic mass is 10.1. The number of halogens is 3. The fraction of sp³-hybridized carbons (Fsp3) is 0.350. The Labute approximate surface area is 167 Å². The first-order chi connectivity index (χ1) is 13.4. The molecule has 5 nitrogen and oxygen atoms in total. The molecule has 28 heavy (non-hydrogen) atoms. The van der Waals surface area contributed by atoms with Gasteiger partial charge in [0.05, 0.1) is 25.8 Å². The molecule has 0 saturated carbocycles. The van der Waals surface area contributed by atoms with E-state index in [1.807, 2.05) is 17.9 Å². The normalized spacial score (nSPS) is 11.8. The Balaban J connectivity index is 2.11. The zero-order valence-corrected chi connectivity index (χ0v) is 16.5. The quantitative estimate of drug-likeness (QED) is 0.616. The average molecular weight is 413 g/mol. The number of aliphatic hydroxyl groups excluding tert-OH is 1. The van der Waals surface area contributed by atoms with Crippen molar-refractivity contribution < 1.29 is 23.4 Å². The number of nitrogens with zero attached hydrogens (tertiary/aromatic N) is 1. The number of carbonyl (C=O) groups excluding carboxylic acids is 1. The van der Waals surface area contributed by atoms with E-state index in [4.69, 9.17) is 11.6 Å². The van der Waals surface area contributed by atoms with Crippen molar-refractivity contribution in [2.45, 2.75) is 19.4 Å². The van der Waals surface area contributed by atoms with Crippen LogP contribution in [0, 0.1) is 11.6 Å². The van der Waals surface area contributed by atoms with E-state index in [1.54, 1.807) is 18.2 Å². The van der Waals surface area contributed by atoms with Gasteiger partial charge in [0.25, 0.3) is 0 Å². The SMILES string of the molecule is COC(=O)Cc1ccc(NC[C@@H](C)N(CCO)c2cccc(Cl)c2)c(F)c1F. The molecule has 0 radical (unpaired) electrons. The van der Waals surface area contributed by atoms with Crippen molar-refractivity contribution in [1.29, 1.82) is 0 Å². The van der Waals surface area contributed by atoms with Gasteiger partial charge in [0, 0.05) is 35.4 Å². The van der Waals surface area contributed by atoms with Gasteiger partial charge in [-0.1, -0.05) is 23.7 Å². The highest BCUT2D eigenvalue weighted by Crippen LogP contribution is 2.24. The molecular formula is C20H23ClF2N2O3. The second kappa shape index (κ2) is 10.2. The lowest BCUT2D eigenvalue weighted by Gasteiger charge is -2.31. The summed E-state index contributed by atoms with van der Waals surface area (Å²) in [5.41, 5.74) is 0.743. The highest BCUT2D eigenvalue weighted by molar-refractivity contribution is 6.30. The van der Waals surface area contributed by atoms with E-state index in [9.17, 15) is 18.7 Å². The van der Waals surface area contributed by atoms with Crippen LogP contribution in [0.25, 0.3) is 0 Å². The summed E-state index contributed by atoms with van der Waals surface area (Å²) >= 11 is 6.04. The van der Waals surface area contributed by atoms with Gasteiger partial charge in [-0.15, -0.1) is 0 Å². The highest BCUT2D eigenvalue weighted by atomic mass is 35.5. The Morgan fingerprint density at radius 1 is 1.29 bits per heavy atom. The van der Waals surface area contributed by atoms with Crippen LogP contribution in [0.3, 0.4) is 0 Å².